The Morgan fingerprint density at radius 1 is 1.75 bits per heavy atom. The van der Waals surface area contributed by atoms with Crippen LogP contribution in [0.5, 0.6) is 0 Å². The van der Waals surface area contributed by atoms with E-state index in [1.165, 1.54) is 0 Å². The molecule has 3 nitrogen and oxygen atoms in total. The standard InChI is InChI=1S/C8H14INO2/c1-3-4-7(6(2)9)5-10-8(11)12/h3-4,6-7,10H,5H2,1-2H3,(H,11,12). The Bertz CT molecular complexity index is 168. The fourth-order valence-electron chi connectivity index (χ4n) is 0.836. The zero-order chi connectivity index (χ0) is 9.56. The van der Waals surface area contributed by atoms with Crippen molar-refractivity contribution in [1.29, 1.82) is 0 Å². The molecule has 70 valence electrons. The van der Waals surface area contributed by atoms with Gasteiger partial charge in [-0.15, -0.1) is 0 Å². The van der Waals surface area contributed by atoms with E-state index < -0.39 is 6.09 Å². The Morgan fingerprint density at radius 3 is 2.67 bits per heavy atom. The highest BCUT2D eigenvalue weighted by atomic mass is 127. The van der Waals surface area contributed by atoms with Gasteiger partial charge in [-0.05, 0) is 6.92 Å². The number of hydrogen-bond acceptors (Lipinski definition) is 1. The smallest absolute Gasteiger partial charge is 0.404 e. The number of nitrogens with one attached hydrogen (secondary N) is 1. The first kappa shape index (κ1) is 11.7. The molecule has 2 N–H and O–H groups in total. The first-order valence-electron chi connectivity index (χ1n) is 3.81. The first-order chi connectivity index (χ1) is 5.57. The Balaban J connectivity index is 3.87. The van der Waals surface area contributed by atoms with Crippen LogP contribution in [0, 0.1) is 5.92 Å². The van der Waals surface area contributed by atoms with Crippen molar-refractivity contribution in [3.05, 3.63) is 12.2 Å². The summed E-state index contributed by atoms with van der Waals surface area (Å²) in [6.45, 7) is 4.49. The van der Waals surface area contributed by atoms with Gasteiger partial charge in [0.1, 0.15) is 0 Å². The van der Waals surface area contributed by atoms with Gasteiger partial charge in [-0.25, -0.2) is 4.79 Å². The lowest BCUT2D eigenvalue weighted by Crippen LogP contribution is -2.29. The largest absolute Gasteiger partial charge is 0.465 e. The molecule has 0 aromatic heterocycles. The van der Waals surface area contributed by atoms with Gasteiger partial charge < -0.3 is 10.4 Å². The zero-order valence-electron chi connectivity index (χ0n) is 7.25. The van der Waals surface area contributed by atoms with Crippen molar-refractivity contribution >= 4 is 28.7 Å². The second-order valence-corrected chi connectivity index (χ2v) is 4.52. The summed E-state index contributed by atoms with van der Waals surface area (Å²) in [4.78, 5) is 10.2. The minimum atomic E-state index is -0.957. The molecular formula is C8H14INO2. The molecule has 0 aliphatic heterocycles. The SMILES string of the molecule is CC=CC(CNC(=O)O)C(C)I. The summed E-state index contributed by atoms with van der Waals surface area (Å²) in [5.41, 5.74) is 0. The molecule has 0 bridgehead atoms. The molecule has 0 fully saturated rings. The lowest BCUT2D eigenvalue weighted by atomic mass is 10.1. The molecule has 0 aromatic rings. The van der Waals surface area contributed by atoms with Crippen molar-refractivity contribution in [3.8, 4) is 0 Å². The molecule has 0 rings (SSSR count). The Morgan fingerprint density at radius 2 is 2.33 bits per heavy atom. The molecule has 0 aromatic carbocycles. The van der Waals surface area contributed by atoms with Crippen LogP contribution in [0.3, 0.4) is 0 Å². The zero-order valence-corrected chi connectivity index (χ0v) is 9.41. The molecule has 0 radical (unpaired) electrons. The molecule has 0 saturated heterocycles. The fraction of sp³-hybridized carbons (Fsp3) is 0.625. The molecule has 12 heavy (non-hydrogen) atoms. The van der Waals surface area contributed by atoms with E-state index in [1.54, 1.807) is 0 Å². The van der Waals surface area contributed by atoms with Gasteiger partial charge in [0, 0.05) is 16.4 Å². The lowest BCUT2D eigenvalue weighted by Gasteiger charge is -2.14. The average Bonchev–Trinajstić information content (AvgIpc) is 1.96. The molecule has 0 saturated carbocycles. The summed E-state index contributed by atoms with van der Waals surface area (Å²) in [5, 5.41) is 10.7. The van der Waals surface area contributed by atoms with E-state index in [9.17, 15) is 4.79 Å². The van der Waals surface area contributed by atoms with Gasteiger partial charge in [-0.3, -0.25) is 0 Å². The molecule has 1 amide bonds. The third-order valence-electron chi connectivity index (χ3n) is 1.52. The van der Waals surface area contributed by atoms with Crippen LogP contribution in [0.25, 0.3) is 0 Å². The normalized spacial score (nSPS) is 15.9. The number of hydrogen-bond donors (Lipinski definition) is 2. The quantitative estimate of drug-likeness (QED) is 0.472. The third kappa shape index (κ3) is 5.40. The fourth-order valence-corrected chi connectivity index (χ4v) is 1.33. The summed E-state index contributed by atoms with van der Waals surface area (Å²) >= 11 is 2.29. The number of alkyl halides is 1. The summed E-state index contributed by atoms with van der Waals surface area (Å²) in [5.74, 6) is 0.284. The van der Waals surface area contributed by atoms with Gasteiger partial charge >= 0.3 is 6.09 Å². The highest BCUT2D eigenvalue weighted by Gasteiger charge is 2.11. The van der Waals surface area contributed by atoms with Crippen LogP contribution in [0.4, 0.5) is 4.79 Å². The Kier molecular flexibility index (Phi) is 6.14. The van der Waals surface area contributed by atoms with Gasteiger partial charge in [-0.1, -0.05) is 41.7 Å². The van der Waals surface area contributed by atoms with Crippen LogP contribution in [-0.2, 0) is 0 Å². The van der Waals surface area contributed by atoms with Crippen molar-refractivity contribution in [2.24, 2.45) is 5.92 Å². The maximum absolute atomic E-state index is 10.2. The van der Waals surface area contributed by atoms with E-state index in [0.717, 1.165) is 0 Å². The molecule has 0 spiro atoms. The van der Waals surface area contributed by atoms with Crippen molar-refractivity contribution in [1.82, 2.24) is 5.32 Å². The maximum atomic E-state index is 10.2. The van der Waals surface area contributed by atoms with Gasteiger partial charge in [0.15, 0.2) is 0 Å². The second kappa shape index (κ2) is 6.28. The average molecular weight is 283 g/mol. The van der Waals surface area contributed by atoms with E-state index >= 15 is 0 Å². The first-order valence-corrected chi connectivity index (χ1v) is 5.06. The highest BCUT2D eigenvalue weighted by Crippen LogP contribution is 2.13. The molecule has 0 aliphatic carbocycles. The third-order valence-corrected chi connectivity index (χ3v) is 2.44. The monoisotopic (exact) mass is 283 g/mol. The van der Waals surface area contributed by atoms with E-state index in [-0.39, 0.29) is 5.92 Å². The predicted octanol–water partition coefficient (Wildman–Crippen LogP) is 2.27. The molecule has 4 heteroatoms. The number of halogens is 1. The lowest BCUT2D eigenvalue weighted by molar-refractivity contribution is 0.193. The molecule has 0 heterocycles. The van der Waals surface area contributed by atoms with Crippen molar-refractivity contribution in [2.45, 2.75) is 17.8 Å². The number of allylic oxidation sites excluding steroid dienone is 1. The summed E-state index contributed by atoms with van der Waals surface area (Å²) in [6.07, 6.45) is 3.01. The van der Waals surface area contributed by atoms with E-state index in [2.05, 4.69) is 34.8 Å². The van der Waals surface area contributed by atoms with Crippen molar-refractivity contribution in [3.63, 3.8) is 0 Å². The van der Waals surface area contributed by atoms with Crippen LogP contribution in [0.2, 0.25) is 0 Å². The molecular weight excluding hydrogens is 269 g/mol. The van der Waals surface area contributed by atoms with Crippen molar-refractivity contribution in [2.75, 3.05) is 6.54 Å². The van der Waals surface area contributed by atoms with Gasteiger partial charge in [-0.2, -0.15) is 0 Å². The number of carbonyl (C=O) groups is 1. The van der Waals surface area contributed by atoms with Crippen LogP contribution < -0.4 is 5.32 Å². The Labute approximate surface area is 86.4 Å². The number of carboxylic acid groups (broad SMARTS) is 1. The number of amides is 1. The second-order valence-electron chi connectivity index (χ2n) is 2.55. The van der Waals surface area contributed by atoms with Crippen LogP contribution in [0.1, 0.15) is 13.8 Å². The van der Waals surface area contributed by atoms with E-state index in [1.807, 2.05) is 19.1 Å². The van der Waals surface area contributed by atoms with Crippen LogP contribution in [-0.4, -0.2) is 21.7 Å². The summed E-state index contributed by atoms with van der Waals surface area (Å²) in [7, 11) is 0. The van der Waals surface area contributed by atoms with Gasteiger partial charge in [0.2, 0.25) is 0 Å². The minimum Gasteiger partial charge on any atom is -0.465 e. The molecule has 0 aliphatic rings. The van der Waals surface area contributed by atoms with Gasteiger partial charge in [0.25, 0.3) is 0 Å². The molecule has 2 unspecified atom stereocenters. The minimum absolute atomic E-state index is 0.284. The van der Waals surface area contributed by atoms with E-state index in [4.69, 9.17) is 5.11 Å². The Hall–Kier alpha value is -0.260. The van der Waals surface area contributed by atoms with Gasteiger partial charge in [0.05, 0.1) is 0 Å². The van der Waals surface area contributed by atoms with E-state index in [0.29, 0.717) is 10.5 Å². The summed E-state index contributed by atoms with van der Waals surface area (Å²) in [6, 6.07) is 0. The van der Waals surface area contributed by atoms with Crippen molar-refractivity contribution < 1.29 is 9.90 Å². The topological polar surface area (TPSA) is 49.3 Å². The molecule has 2 atom stereocenters. The maximum Gasteiger partial charge on any atom is 0.404 e. The van der Waals surface area contributed by atoms with Crippen LogP contribution >= 0.6 is 22.6 Å². The summed E-state index contributed by atoms with van der Waals surface area (Å²) < 4.78 is 0.436. The highest BCUT2D eigenvalue weighted by molar-refractivity contribution is 14.1. The predicted molar refractivity (Wildman–Crippen MR) is 57.8 cm³/mol. The van der Waals surface area contributed by atoms with Crippen LogP contribution in [0.15, 0.2) is 12.2 Å². The number of rotatable bonds is 4.